The summed E-state index contributed by atoms with van der Waals surface area (Å²) in [6, 6.07) is 0. The molecule has 0 amide bonds. The Morgan fingerprint density at radius 3 is 0.947 bits per heavy atom. The molecule has 4 unspecified atom stereocenters. The molecule has 17 nitrogen and oxygen atoms in total. The topological polar surface area (TPSA) is 237 Å². The van der Waals surface area contributed by atoms with Crippen LogP contribution in [0.5, 0.6) is 0 Å². The zero-order valence-corrected chi connectivity index (χ0v) is 62.7. The Kier molecular flexibility index (Phi) is 63.5. The third-order valence-electron chi connectivity index (χ3n) is 17.5. The molecule has 0 rings (SSSR count). The van der Waals surface area contributed by atoms with Gasteiger partial charge in [0.25, 0.3) is 0 Å². The second kappa shape index (κ2) is 65.2. The number of carbonyl (C=O) groups excluding carboxylic acids is 4. The molecule has 0 aliphatic rings. The van der Waals surface area contributed by atoms with Crippen molar-refractivity contribution in [2.75, 3.05) is 39.6 Å². The van der Waals surface area contributed by atoms with Gasteiger partial charge in [-0.05, 0) is 69.1 Å². The Bertz CT molecular complexity index is 1930. The maximum Gasteiger partial charge on any atom is 0.472 e. The molecule has 0 aromatic carbocycles. The molecule has 0 aliphatic heterocycles. The maximum absolute atomic E-state index is 13.1. The fourth-order valence-electron chi connectivity index (χ4n) is 10.8. The van der Waals surface area contributed by atoms with E-state index in [1.807, 2.05) is 0 Å². The van der Waals surface area contributed by atoms with Crippen LogP contribution in [-0.4, -0.2) is 96.7 Å². The minimum atomic E-state index is -4.97. The number of phosphoric acid groups is 2. The van der Waals surface area contributed by atoms with Crippen LogP contribution in [0.3, 0.4) is 0 Å². The highest BCUT2D eigenvalue weighted by atomic mass is 31.2. The van der Waals surface area contributed by atoms with Crippen molar-refractivity contribution < 1.29 is 80.2 Å². The van der Waals surface area contributed by atoms with Gasteiger partial charge in [-0.15, -0.1) is 0 Å². The fraction of sp³-hybridized carbons (Fsp3) is 0.893. The van der Waals surface area contributed by atoms with Gasteiger partial charge in [0.15, 0.2) is 12.2 Å². The second-order valence-corrected chi connectivity index (χ2v) is 30.2. The lowest BCUT2D eigenvalue weighted by Crippen LogP contribution is -2.30. The van der Waals surface area contributed by atoms with E-state index < -0.39 is 97.5 Å². The molecular weight excluding hydrogens is 1230 g/mol. The first kappa shape index (κ1) is 91.5. The SMILES string of the molecule is CCCCCC/C=C\C=C/CCCCCCCC(=O)O[C@H](COC(=O)CCCCCCCCCCCCCCC(C)C)COP(=O)(O)OC[C@@H](O)COP(=O)(O)OC[C@@H](COC(=O)CCCCCCCCCCC(C)CC)OC(=O)CCCCCCCCCCC(C)CC. The fourth-order valence-corrected chi connectivity index (χ4v) is 12.4. The Hall–Kier alpha value is -2.46. The Labute approximate surface area is 573 Å². The van der Waals surface area contributed by atoms with Crippen molar-refractivity contribution in [3.8, 4) is 0 Å². The van der Waals surface area contributed by atoms with Gasteiger partial charge in [0.05, 0.1) is 26.4 Å². The van der Waals surface area contributed by atoms with Crippen molar-refractivity contribution in [3.05, 3.63) is 24.3 Å². The molecule has 554 valence electrons. The summed E-state index contributed by atoms with van der Waals surface area (Å²) in [5, 5.41) is 10.6. The number of rotatable bonds is 71. The maximum atomic E-state index is 13.1. The molecule has 0 radical (unpaired) electrons. The van der Waals surface area contributed by atoms with Crippen LogP contribution < -0.4 is 0 Å². The van der Waals surface area contributed by atoms with Crippen molar-refractivity contribution in [1.29, 1.82) is 0 Å². The number of esters is 4. The molecule has 0 heterocycles. The number of unbranched alkanes of at least 4 members (excludes halogenated alkanes) is 34. The molecule has 0 spiro atoms. The van der Waals surface area contributed by atoms with E-state index in [0.717, 1.165) is 120 Å². The number of aliphatic hydroxyl groups excluding tert-OH is 1. The van der Waals surface area contributed by atoms with Gasteiger partial charge < -0.3 is 33.8 Å². The number of hydrogen-bond donors (Lipinski definition) is 3. The van der Waals surface area contributed by atoms with Gasteiger partial charge in [0.1, 0.15) is 19.3 Å². The summed E-state index contributed by atoms with van der Waals surface area (Å²) in [5.41, 5.74) is 0. The molecule has 0 aromatic rings. The summed E-state index contributed by atoms with van der Waals surface area (Å²) in [7, 11) is -9.92. The Balaban J connectivity index is 5.31. The zero-order chi connectivity index (χ0) is 69.4. The van der Waals surface area contributed by atoms with Crippen molar-refractivity contribution in [2.24, 2.45) is 17.8 Å². The molecule has 0 aliphatic carbocycles. The van der Waals surface area contributed by atoms with Gasteiger partial charge >= 0.3 is 39.5 Å². The average molecular weight is 1380 g/mol. The molecule has 94 heavy (non-hydrogen) atoms. The van der Waals surface area contributed by atoms with Gasteiger partial charge in [0.2, 0.25) is 0 Å². The summed E-state index contributed by atoms with van der Waals surface area (Å²) in [4.78, 5) is 72.8. The van der Waals surface area contributed by atoms with Crippen molar-refractivity contribution in [2.45, 2.75) is 375 Å². The highest BCUT2D eigenvalue weighted by Crippen LogP contribution is 2.45. The van der Waals surface area contributed by atoms with Crippen LogP contribution in [0, 0.1) is 17.8 Å². The Morgan fingerprint density at radius 2 is 0.628 bits per heavy atom. The second-order valence-electron chi connectivity index (χ2n) is 27.3. The molecule has 0 fully saturated rings. The van der Waals surface area contributed by atoms with E-state index in [2.05, 4.69) is 72.8 Å². The summed E-state index contributed by atoms with van der Waals surface area (Å²) in [6.45, 7) is 11.8. The lowest BCUT2D eigenvalue weighted by molar-refractivity contribution is -0.161. The molecule has 7 atom stereocenters. The third-order valence-corrected chi connectivity index (χ3v) is 19.4. The third kappa shape index (κ3) is 65.5. The van der Waals surface area contributed by atoms with E-state index >= 15 is 0 Å². The van der Waals surface area contributed by atoms with Crippen LogP contribution >= 0.6 is 15.6 Å². The van der Waals surface area contributed by atoms with Gasteiger partial charge in [0, 0.05) is 25.7 Å². The predicted molar refractivity (Wildman–Crippen MR) is 381 cm³/mol. The van der Waals surface area contributed by atoms with E-state index in [1.54, 1.807) is 0 Å². The summed E-state index contributed by atoms with van der Waals surface area (Å²) in [5.74, 6) is 0.172. The van der Waals surface area contributed by atoms with Gasteiger partial charge in [-0.25, -0.2) is 9.13 Å². The van der Waals surface area contributed by atoms with Crippen LogP contribution in [0.4, 0.5) is 0 Å². The molecule has 0 bridgehead atoms. The van der Waals surface area contributed by atoms with Gasteiger partial charge in [-0.3, -0.25) is 37.3 Å². The number of aliphatic hydroxyl groups is 1. The lowest BCUT2D eigenvalue weighted by atomic mass is 9.99. The van der Waals surface area contributed by atoms with Crippen LogP contribution in [0.15, 0.2) is 24.3 Å². The smallest absolute Gasteiger partial charge is 0.462 e. The standard InChI is InChI=1S/C75H142O17P2/c1-8-11-12-13-14-15-16-17-18-19-24-27-37-44-51-58-74(79)91-70(62-85-72(77)56-49-42-35-26-23-21-20-22-25-32-39-46-53-66(4)5)64-89-93(81,82)87-60-69(76)61-88-94(83,84)90-65-71(92-75(80)59-52-45-38-31-29-34-41-48-55-68(7)10-3)63-86-73(78)57-50-43-36-30-28-33-40-47-54-67(6)9-2/h15-18,66-71,76H,8-14,19-65H2,1-7H3,(H,81,82)(H,83,84)/b16-15-,18-17-/t67?,68?,69-,70-,71-/m1/s1. The van der Waals surface area contributed by atoms with Crippen LogP contribution in [0.2, 0.25) is 0 Å². The summed E-state index contributed by atoms with van der Waals surface area (Å²) < 4.78 is 68.5. The average Bonchev–Trinajstić information content (AvgIpc) is 1.77. The predicted octanol–water partition coefficient (Wildman–Crippen LogP) is 21.3. The number of allylic oxidation sites excluding steroid dienone is 4. The number of hydrogen-bond acceptors (Lipinski definition) is 15. The molecule has 19 heteroatoms. The highest BCUT2D eigenvalue weighted by molar-refractivity contribution is 7.47. The van der Waals surface area contributed by atoms with Crippen molar-refractivity contribution >= 4 is 39.5 Å². The number of ether oxygens (including phenoxy) is 4. The zero-order valence-electron chi connectivity index (χ0n) is 60.9. The summed E-state index contributed by atoms with van der Waals surface area (Å²) in [6.07, 6.45) is 53.4. The first-order valence-corrected chi connectivity index (χ1v) is 41.2. The van der Waals surface area contributed by atoms with Crippen molar-refractivity contribution in [1.82, 2.24) is 0 Å². The van der Waals surface area contributed by atoms with Crippen molar-refractivity contribution in [3.63, 3.8) is 0 Å². The van der Waals surface area contributed by atoms with Gasteiger partial charge in [-0.2, -0.15) is 0 Å². The monoisotopic (exact) mass is 1380 g/mol. The van der Waals surface area contributed by atoms with E-state index in [9.17, 15) is 43.2 Å². The van der Waals surface area contributed by atoms with Crippen LogP contribution in [0.25, 0.3) is 0 Å². The largest absolute Gasteiger partial charge is 0.472 e. The number of carbonyl (C=O) groups is 4. The van der Waals surface area contributed by atoms with E-state index in [0.29, 0.717) is 25.7 Å². The minimum Gasteiger partial charge on any atom is -0.462 e. The highest BCUT2D eigenvalue weighted by Gasteiger charge is 2.30. The molecular formula is C75H142O17P2. The first-order valence-electron chi connectivity index (χ1n) is 38.2. The Morgan fingerprint density at radius 1 is 0.351 bits per heavy atom. The van der Waals surface area contributed by atoms with E-state index in [-0.39, 0.29) is 25.7 Å². The molecule has 0 saturated heterocycles. The molecule has 0 saturated carbocycles. The van der Waals surface area contributed by atoms with E-state index in [1.165, 1.54) is 154 Å². The van der Waals surface area contributed by atoms with Crippen LogP contribution in [0.1, 0.15) is 357 Å². The number of phosphoric ester groups is 2. The van der Waals surface area contributed by atoms with Crippen LogP contribution in [-0.2, 0) is 65.4 Å². The normalized spacial score (nSPS) is 14.8. The molecule has 0 aromatic heterocycles. The quantitative estimate of drug-likeness (QED) is 0.0169. The summed E-state index contributed by atoms with van der Waals surface area (Å²) >= 11 is 0. The lowest BCUT2D eigenvalue weighted by Gasteiger charge is -2.21. The minimum absolute atomic E-state index is 0.0846. The molecule has 3 N–H and O–H groups in total. The first-order chi connectivity index (χ1) is 45.3. The van der Waals surface area contributed by atoms with Gasteiger partial charge in [-0.1, -0.05) is 304 Å². The van der Waals surface area contributed by atoms with E-state index in [4.69, 9.17) is 37.0 Å².